The standard InChI is InChI=1S/C13H20N2O3/c1-4-5-12(14)13(16)15-9-6-10(17-2)8-11(7-9)18-3/h6-8,12H,4-5,14H2,1-3H3,(H,15,16)/t12-/m1/s1. The molecule has 1 aromatic rings. The molecule has 100 valence electrons. The van der Waals surface area contributed by atoms with E-state index in [-0.39, 0.29) is 5.91 Å². The average Bonchev–Trinajstić information content (AvgIpc) is 2.38. The summed E-state index contributed by atoms with van der Waals surface area (Å²) in [6.45, 7) is 1.99. The first-order valence-electron chi connectivity index (χ1n) is 5.90. The minimum Gasteiger partial charge on any atom is -0.497 e. The number of carbonyl (C=O) groups is 1. The van der Waals surface area contributed by atoms with Gasteiger partial charge in [0, 0.05) is 23.9 Å². The molecule has 0 fully saturated rings. The van der Waals surface area contributed by atoms with Gasteiger partial charge in [0.25, 0.3) is 0 Å². The summed E-state index contributed by atoms with van der Waals surface area (Å²) < 4.78 is 10.2. The first-order valence-corrected chi connectivity index (χ1v) is 5.90. The number of benzene rings is 1. The number of nitrogens with two attached hydrogens (primary N) is 1. The van der Waals surface area contributed by atoms with Gasteiger partial charge in [-0.1, -0.05) is 13.3 Å². The van der Waals surface area contributed by atoms with E-state index in [2.05, 4.69) is 5.32 Å². The summed E-state index contributed by atoms with van der Waals surface area (Å²) in [5.41, 5.74) is 6.36. The third-order valence-corrected chi connectivity index (χ3v) is 2.56. The summed E-state index contributed by atoms with van der Waals surface area (Å²) in [7, 11) is 3.12. The highest BCUT2D eigenvalue weighted by molar-refractivity contribution is 5.95. The molecule has 0 spiro atoms. The van der Waals surface area contributed by atoms with Crippen molar-refractivity contribution in [3.63, 3.8) is 0 Å². The zero-order valence-electron chi connectivity index (χ0n) is 11.0. The van der Waals surface area contributed by atoms with Gasteiger partial charge in [0.15, 0.2) is 0 Å². The van der Waals surface area contributed by atoms with Crippen LogP contribution < -0.4 is 20.5 Å². The molecule has 1 aromatic carbocycles. The molecule has 0 radical (unpaired) electrons. The van der Waals surface area contributed by atoms with E-state index < -0.39 is 6.04 Å². The van der Waals surface area contributed by atoms with Gasteiger partial charge in [-0.3, -0.25) is 4.79 Å². The van der Waals surface area contributed by atoms with Crippen molar-refractivity contribution in [2.75, 3.05) is 19.5 Å². The van der Waals surface area contributed by atoms with Crippen molar-refractivity contribution < 1.29 is 14.3 Å². The Morgan fingerprint density at radius 1 is 1.28 bits per heavy atom. The molecule has 0 aromatic heterocycles. The Morgan fingerprint density at radius 2 is 1.83 bits per heavy atom. The van der Waals surface area contributed by atoms with E-state index in [1.165, 1.54) is 0 Å². The molecule has 0 bridgehead atoms. The second kappa shape index (κ2) is 6.86. The number of methoxy groups -OCH3 is 2. The molecule has 0 saturated heterocycles. The highest BCUT2D eigenvalue weighted by Gasteiger charge is 2.13. The van der Waals surface area contributed by atoms with E-state index in [4.69, 9.17) is 15.2 Å². The van der Waals surface area contributed by atoms with Gasteiger partial charge < -0.3 is 20.5 Å². The molecule has 0 aliphatic rings. The number of anilines is 1. The lowest BCUT2D eigenvalue weighted by molar-refractivity contribution is -0.117. The summed E-state index contributed by atoms with van der Waals surface area (Å²) in [6, 6.07) is 4.69. The highest BCUT2D eigenvalue weighted by atomic mass is 16.5. The summed E-state index contributed by atoms with van der Waals surface area (Å²) in [6.07, 6.45) is 1.53. The molecule has 1 atom stereocenters. The molecule has 0 aliphatic heterocycles. The SMILES string of the molecule is CCC[C@@H](N)C(=O)Nc1cc(OC)cc(OC)c1. The zero-order chi connectivity index (χ0) is 13.5. The fourth-order valence-corrected chi connectivity index (χ4v) is 1.56. The molecule has 18 heavy (non-hydrogen) atoms. The molecular formula is C13H20N2O3. The summed E-state index contributed by atoms with van der Waals surface area (Å²) >= 11 is 0. The normalized spacial score (nSPS) is 11.8. The second-order valence-electron chi connectivity index (χ2n) is 3.99. The van der Waals surface area contributed by atoms with Crippen molar-refractivity contribution in [1.29, 1.82) is 0 Å². The number of ether oxygens (including phenoxy) is 2. The van der Waals surface area contributed by atoms with Crippen molar-refractivity contribution in [1.82, 2.24) is 0 Å². The predicted molar refractivity (Wildman–Crippen MR) is 71.1 cm³/mol. The van der Waals surface area contributed by atoms with Gasteiger partial charge in [-0.25, -0.2) is 0 Å². The molecule has 0 aliphatic carbocycles. The van der Waals surface area contributed by atoms with Crippen LogP contribution in [0.2, 0.25) is 0 Å². The van der Waals surface area contributed by atoms with Crippen LogP contribution in [-0.2, 0) is 4.79 Å². The van der Waals surface area contributed by atoms with Crippen LogP contribution in [-0.4, -0.2) is 26.2 Å². The zero-order valence-corrected chi connectivity index (χ0v) is 11.0. The Morgan fingerprint density at radius 3 is 2.28 bits per heavy atom. The third-order valence-electron chi connectivity index (χ3n) is 2.56. The summed E-state index contributed by atoms with van der Waals surface area (Å²) in [4.78, 5) is 11.8. The van der Waals surface area contributed by atoms with Gasteiger partial charge in [0.05, 0.1) is 20.3 Å². The summed E-state index contributed by atoms with van der Waals surface area (Å²) in [5, 5.41) is 2.75. The van der Waals surface area contributed by atoms with Crippen LogP contribution in [0.3, 0.4) is 0 Å². The highest BCUT2D eigenvalue weighted by Crippen LogP contribution is 2.25. The molecule has 5 heteroatoms. The van der Waals surface area contributed by atoms with E-state index in [9.17, 15) is 4.79 Å². The second-order valence-corrected chi connectivity index (χ2v) is 3.99. The first-order chi connectivity index (χ1) is 8.60. The molecule has 1 rings (SSSR count). The fourth-order valence-electron chi connectivity index (χ4n) is 1.56. The minimum absolute atomic E-state index is 0.202. The molecule has 0 saturated carbocycles. The van der Waals surface area contributed by atoms with Crippen LogP contribution in [0, 0.1) is 0 Å². The van der Waals surface area contributed by atoms with Crippen LogP contribution in [0.25, 0.3) is 0 Å². The first kappa shape index (κ1) is 14.3. The Bertz CT molecular complexity index is 385. The average molecular weight is 252 g/mol. The smallest absolute Gasteiger partial charge is 0.241 e. The number of rotatable bonds is 6. The van der Waals surface area contributed by atoms with E-state index >= 15 is 0 Å². The van der Waals surface area contributed by atoms with Crippen LogP contribution in [0.4, 0.5) is 5.69 Å². The van der Waals surface area contributed by atoms with E-state index in [0.717, 1.165) is 6.42 Å². The lowest BCUT2D eigenvalue weighted by atomic mass is 10.1. The minimum atomic E-state index is -0.493. The monoisotopic (exact) mass is 252 g/mol. The molecular weight excluding hydrogens is 232 g/mol. The maximum Gasteiger partial charge on any atom is 0.241 e. The fraction of sp³-hybridized carbons (Fsp3) is 0.462. The van der Waals surface area contributed by atoms with E-state index in [1.807, 2.05) is 6.92 Å². The molecule has 0 heterocycles. The van der Waals surface area contributed by atoms with Gasteiger partial charge in [-0.05, 0) is 6.42 Å². The largest absolute Gasteiger partial charge is 0.497 e. The molecule has 0 unspecified atom stereocenters. The van der Waals surface area contributed by atoms with Gasteiger partial charge in [0.2, 0.25) is 5.91 Å². The number of nitrogens with one attached hydrogen (secondary N) is 1. The van der Waals surface area contributed by atoms with E-state index in [0.29, 0.717) is 23.6 Å². The topological polar surface area (TPSA) is 73.6 Å². The molecule has 3 N–H and O–H groups in total. The van der Waals surface area contributed by atoms with Gasteiger partial charge in [-0.15, -0.1) is 0 Å². The Labute approximate surface area is 107 Å². The summed E-state index contributed by atoms with van der Waals surface area (Å²) in [5.74, 6) is 1.04. The van der Waals surface area contributed by atoms with Crippen LogP contribution in [0.1, 0.15) is 19.8 Å². The van der Waals surface area contributed by atoms with Gasteiger partial charge in [0.1, 0.15) is 11.5 Å². The maximum atomic E-state index is 11.8. The van der Waals surface area contributed by atoms with Gasteiger partial charge >= 0.3 is 0 Å². The Balaban J connectivity index is 2.80. The lowest BCUT2D eigenvalue weighted by Gasteiger charge is -2.13. The number of carbonyl (C=O) groups excluding carboxylic acids is 1. The van der Waals surface area contributed by atoms with Crippen LogP contribution >= 0.6 is 0 Å². The van der Waals surface area contributed by atoms with Crippen molar-refractivity contribution in [2.45, 2.75) is 25.8 Å². The van der Waals surface area contributed by atoms with Crippen LogP contribution in [0.15, 0.2) is 18.2 Å². The number of hydrogen-bond donors (Lipinski definition) is 2. The number of hydrogen-bond acceptors (Lipinski definition) is 4. The van der Waals surface area contributed by atoms with Crippen molar-refractivity contribution in [3.8, 4) is 11.5 Å². The predicted octanol–water partition coefficient (Wildman–Crippen LogP) is 1.77. The molecule has 5 nitrogen and oxygen atoms in total. The van der Waals surface area contributed by atoms with Crippen LogP contribution in [0.5, 0.6) is 11.5 Å². The van der Waals surface area contributed by atoms with Crippen molar-refractivity contribution in [2.24, 2.45) is 5.73 Å². The van der Waals surface area contributed by atoms with Gasteiger partial charge in [-0.2, -0.15) is 0 Å². The Hall–Kier alpha value is -1.75. The Kier molecular flexibility index (Phi) is 5.45. The quantitative estimate of drug-likeness (QED) is 0.809. The van der Waals surface area contributed by atoms with Crippen molar-refractivity contribution in [3.05, 3.63) is 18.2 Å². The molecule has 1 amide bonds. The van der Waals surface area contributed by atoms with E-state index in [1.54, 1.807) is 32.4 Å². The van der Waals surface area contributed by atoms with Crippen molar-refractivity contribution >= 4 is 11.6 Å². The number of amides is 1. The maximum absolute atomic E-state index is 11.8. The lowest BCUT2D eigenvalue weighted by Crippen LogP contribution is -2.35. The third kappa shape index (κ3) is 3.92.